The average molecular weight is 209 g/mol. The average Bonchev–Trinajstić information content (AvgIpc) is 2.70. The van der Waals surface area contributed by atoms with Gasteiger partial charge in [0.15, 0.2) is 0 Å². The quantitative estimate of drug-likeness (QED) is 0.718. The van der Waals surface area contributed by atoms with Crippen LogP contribution >= 0.6 is 11.3 Å². The monoisotopic (exact) mass is 209 g/mol. The van der Waals surface area contributed by atoms with Gasteiger partial charge in [-0.2, -0.15) is 0 Å². The molecule has 1 aromatic heterocycles. The van der Waals surface area contributed by atoms with Crippen molar-refractivity contribution in [3.05, 3.63) is 22.4 Å². The molecule has 0 radical (unpaired) electrons. The fourth-order valence-corrected chi connectivity index (χ4v) is 3.24. The summed E-state index contributed by atoms with van der Waals surface area (Å²) < 4.78 is 0. The van der Waals surface area contributed by atoms with E-state index in [2.05, 4.69) is 36.3 Å². The standard InChI is InChI=1S/C12H19NS/c1-10(2)13-8-4-3-6-11(13)12-7-5-9-14-12/h5,7,9-11H,3-4,6,8H2,1-2H3/t11-/m1/s1. The zero-order chi connectivity index (χ0) is 9.97. The summed E-state index contributed by atoms with van der Waals surface area (Å²) in [7, 11) is 0. The van der Waals surface area contributed by atoms with Crippen molar-refractivity contribution in [2.75, 3.05) is 6.54 Å². The van der Waals surface area contributed by atoms with Gasteiger partial charge in [0, 0.05) is 17.0 Å². The molecular formula is C12H19NS. The topological polar surface area (TPSA) is 3.24 Å². The molecule has 14 heavy (non-hydrogen) atoms. The Labute approximate surface area is 90.7 Å². The summed E-state index contributed by atoms with van der Waals surface area (Å²) in [5.74, 6) is 0. The molecule has 2 rings (SSSR count). The van der Waals surface area contributed by atoms with Crippen molar-refractivity contribution >= 4 is 11.3 Å². The van der Waals surface area contributed by atoms with E-state index in [9.17, 15) is 0 Å². The van der Waals surface area contributed by atoms with Crippen LogP contribution in [0, 0.1) is 0 Å². The Morgan fingerprint density at radius 3 is 2.93 bits per heavy atom. The van der Waals surface area contributed by atoms with Crippen LogP contribution in [0.2, 0.25) is 0 Å². The van der Waals surface area contributed by atoms with Crippen molar-refractivity contribution in [2.45, 2.75) is 45.2 Å². The Hall–Kier alpha value is -0.340. The van der Waals surface area contributed by atoms with Gasteiger partial charge in [-0.25, -0.2) is 0 Å². The molecule has 0 aromatic carbocycles. The van der Waals surface area contributed by atoms with Gasteiger partial charge in [-0.3, -0.25) is 4.90 Å². The SMILES string of the molecule is CC(C)N1CCCC[C@@H]1c1cccs1. The minimum absolute atomic E-state index is 0.683. The molecule has 2 heteroatoms. The van der Waals surface area contributed by atoms with Gasteiger partial charge in [-0.15, -0.1) is 11.3 Å². The third-order valence-corrected chi connectivity index (χ3v) is 4.05. The molecule has 78 valence electrons. The highest BCUT2D eigenvalue weighted by atomic mass is 32.1. The van der Waals surface area contributed by atoms with Crippen molar-refractivity contribution in [1.82, 2.24) is 4.90 Å². The van der Waals surface area contributed by atoms with Crippen molar-refractivity contribution in [1.29, 1.82) is 0 Å². The molecule has 0 amide bonds. The fraction of sp³-hybridized carbons (Fsp3) is 0.667. The molecule has 1 nitrogen and oxygen atoms in total. The lowest BCUT2D eigenvalue weighted by Crippen LogP contribution is -2.38. The van der Waals surface area contributed by atoms with Crippen molar-refractivity contribution in [2.24, 2.45) is 0 Å². The highest BCUT2D eigenvalue weighted by Gasteiger charge is 2.26. The van der Waals surface area contributed by atoms with E-state index in [4.69, 9.17) is 0 Å². The van der Waals surface area contributed by atoms with Crippen LogP contribution in [0.5, 0.6) is 0 Å². The predicted octanol–water partition coefficient (Wildman–Crippen LogP) is 3.68. The molecule has 0 unspecified atom stereocenters. The first-order valence-corrected chi connectivity index (χ1v) is 6.46. The van der Waals surface area contributed by atoms with Crippen LogP contribution in [0.3, 0.4) is 0 Å². The summed E-state index contributed by atoms with van der Waals surface area (Å²) in [5, 5.41) is 2.20. The number of likely N-dealkylation sites (tertiary alicyclic amines) is 1. The Balaban J connectivity index is 2.14. The summed E-state index contributed by atoms with van der Waals surface area (Å²) in [4.78, 5) is 4.20. The molecule has 1 fully saturated rings. The lowest BCUT2D eigenvalue weighted by atomic mass is 9.99. The maximum absolute atomic E-state index is 2.65. The number of rotatable bonds is 2. The van der Waals surface area contributed by atoms with Crippen LogP contribution in [0.4, 0.5) is 0 Å². The predicted molar refractivity (Wildman–Crippen MR) is 62.8 cm³/mol. The van der Waals surface area contributed by atoms with E-state index in [-0.39, 0.29) is 0 Å². The molecule has 0 N–H and O–H groups in total. The second kappa shape index (κ2) is 4.45. The first kappa shape index (κ1) is 10.2. The van der Waals surface area contributed by atoms with Crippen LogP contribution in [0.15, 0.2) is 17.5 Å². The number of nitrogens with zero attached hydrogens (tertiary/aromatic N) is 1. The Bertz CT molecular complexity index is 266. The van der Waals surface area contributed by atoms with E-state index in [0.29, 0.717) is 12.1 Å². The third kappa shape index (κ3) is 2.01. The van der Waals surface area contributed by atoms with Gasteiger partial charge < -0.3 is 0 Å². The zero-order valence-corrected chi connectivity index (χ0v) is 9.89. The summed E-state index contributed by atoms with van der Waals surface area (Å²) >= 11 is 1.91. The van der Waals surface area contributed by atoms with E-state index in [1.54, 1.807) is 4.88 Å². The normalized spacial score (nSPS) is 24.4. The summed E-state index contributed by atoms with van der Waals surface area (Å²) in [6, 6.07) is 5.84. The molecule has 0 spiro atoms. The zero-order valence-electron chi connectivity index (χ0n) is 9.07. The summed E-state index contributed by atoms with van der Waals surface area (Å²) in [6.07, 6.45) is 4.12. The maximum atomic E-state index is 2.65. The fourth-order valence-electron chi connectivity index (χ4n) is 2.36. The largest absolute Gasteiger partial charge is 0.293 e. The molecule has 1 saturated heterocycles. The molecule has 0 aliphatic carbocycles. The van der Waals surface area contributed by atoms with Gasteiger partial charge in [0.1, 0.15) is 0 Å². The van der Waals surface area contributed by atoms with Crippen LogP contribution < -0.4 is 0 Å². The number of hydrogen-bond acceptors (Lipinski definition) is 2. The minimum atomic E-state index is 0.683. The van der Waals surface area contributed by atoms with E-state index < -0.39 is 0 Å². The molecule has 1 atom stereocenters. The first-order chi connectivity index (χ1) is 6.79. The lowest BCUT2D eigenvalue weighted by Gasteiger charge is -2.38. The number of hydrogen-bond donors (Lipinski definition) is 0. The third-order valence-electron chi connectivity index (χ3n) is 3.08. The van der Waals surface area contributed by atoms with E-state index in [0.717, 1.165) is 0 Å². The van der Waals surface area contributed by atoms with Crippen LogP contribution in [0.25, 0.3) is 0 Å². The molecule has 2 heterocycles. The second-order valence-electron chi connectivity index (χ2n) is 4.36. The maximum Gasteiger partial charge on any atom is 0.0444 e. The van der Waals surface area contributed by atoms with Gasteiger partial charge in [-0.1, -0.05) is 12.5 Å². The Kier molecular flexibility index (Phi) is 3.24. The van der Waals surface area contributed by atoms with Gasteiger partial charge in [-0.05, 0) is 44.7 Å². The van der Waals surface area contributed by atoms with Crippen molar-refractivity contribution in [3.63, 3.8) is 0 Å². The van der Waals surface area contributed by atoms with E-state index in [1.165, 1.54) is 25.8 Å². The Morgan fingerprint density at radius 1 is 1.43 bits per heavy atom. The second-order valence-corrected chi connectivity index (χ2v) is 5.34. The van der Waals surface area contributed by atoms with Gasteiger partial charge in [0.2, 0.25) is 0 Å². The van der Waals surface area contributed by atoms with Gasteiger partial charge in [0.25, 0.3) is 0 Å². The van der Waals surface area contributed by atoms with E-state index in [1.807, 2.05) is 11.3 Å². The van der Waals surface area contributed by atoms with Crippen LogP contribution in [-0.2, 0) is 0 Å². The van der Waals surface area contributed by atoms with Gasteiger partial charge >= 0.3 is 0 Å². The highest BCUT2D eigenvalue weighted by molar-refractivity contribution is 7.10. The molecule has 0 saturated carbocycles. The molecular weight excluding hydrogens is 190 g/mol. The van der Waals surface area contributed by atoms with Crippen LogP contribution in [0.1, 0.15) is 44.0 Å². The smallest absolute Gasteiger partial charge is 0.0444 e. The highest BCUT2D eigenvalue weighted by Crippen LogP contribution is 2.34. The molecule has 0 bridgehead atoms. The van der Waals surface area contributed by atoms with Crippen molar-refractivity contribution in [3.8, 4) is 0 Å². The molecule has 1 aromatic rings. The summed E-state index contributed by atoms with van der Waals surface area (Å²) in [6.45, 7) is 5.90. The summed E-state index contributed by atoms with van der Waals surface area (Å²) in [5.41, 5.74) is 0. The number of piperidine rings is 1. The van der Waals surface area contributed by atoms with E-state index >= 15 is 0 Å². The first-order valence-electron chi connectivity index (χ1n) is 5.58. The van der Waals surface area contributed by atoms with Crippen molar-refractivity contribution < 1.29 is 0 Å². The molecule has 1 aliphatic heterocycles. The number of thiophene rings is 1. The minimum Gasteiger partial charge on any atom is -0.293 e. The Morgan fingerprint density at radius 2 is 2.29 bits per heavy atom. The van der Waals surface area contributed by atoms with Gasteiger partial charge in [0.05, 0.1) is 0 Å². The van der Waals surface area contributed by atoms with Crippen LogP contribution in [-0.4, -0.2) is 17.5 Å². The lowest BCUT2D eigenvalue weighted by molar-refractivity contribution is 0.114. The molecule has 1 aliphatic rings.